The number of methoxy groups -OCH3 is 2. The minimum absolute atomic E-state index is 0.327. The molecule has 4 heteroatoms. The molecule has 4 nitrogen and oxygen atoms in total. The van der Waals surface area contributed by atoms with Crippen molar-refractivity contribution in [2.24, 2.45) is 0 Å². The highest BCUT2D eigenvalue weighted by atomic mass is 16.5. The van der Waals surface area contributed by atoms with Gasteiger partial charge in [-0.2, -0.15) is 0 Å². The van der Waals surface area contributed by atoms with Crippen LogP contribution < -0.4 is 9.47 Å². The molecule has 0 atom stereocenters. The smallest absolute Gasteiger partial charge is 0.122 e. The summed E-state index contributed by atoms with van der Waals surface area (Å²) in [7, 11) is 3.31. The van der Waals surface area contributed by atoms with E-state index in [2.05, 4.69) is 0 Å². The van der Waals surface area contributed by atoms with E-state index in [1.54, 1.807) is 26.4 Å². The summed E-state index contributed by atoms with van der Waals surface area (Å²) in [4.78, 5) is 0. The highest BCUT2D eigenvalue weighted by Gasteiger charge is 2.06. The molecule has 0 unspecified atom stereocenters. The molecule has 0 radical (unpaired) electrons. The first kappa shape index (κ1) is 22.8. The first-order valence-corrected chi connectivity index (χ1v) is 10.4. The minimum atomic E-state index is 0.327. The molecule has 164 valence electrons. The molecule has 4 aromatic carbocycles. The van der Waals surface area contributed by atoms with Crippen molar-refractivity contribution in [3.05, 3.63) is 119 Å². The van der Waals surface area contributed by atoms with Gasteiger partial charge in [0, 0.05) is 12.8 Å². The third-order valence-corrected chi connectivity index (χ3v) is 5.13. The molecule has 4 rings (SSSR count). The lowest BCUT2D eigenvalue weighted by Crippen LogP contribution is -1.93. The molecule has 0 spiro atoms. The quantitative estimate of drug-likeness (QED) is 0.396. The van der Waals surface area contributed by atoms with Crippen molar-refractivity contribution in [1.29, 1.82) is 0 Å². The third-order valence-electron chi connectivity index (χ3n) is 5.13. The monoisotopic (exact) mass is 428 g/mol. The zero-order chi connectivity index (χ0) is 22.8. The number of ether oxygens (including phenoxy) is 2. The Balaban J connectivity index is 0.000000181. The molecule has 4 aromatic rings. The van der Waals surface area contributed by atoms with Gasteiger partial charge in [0.05, 0.1) is 14.2 Å². The van der Waals surface area contributed by atoms with Gasteiger partial charge in [-0.3, -0.25) is 0 Å². The Morgan fingerprint density at radius 2 is 0.781 bits per heavy atom. The largest absolute Gasteiger partial charge is 0.508 e. The van der Waals surface area contributed by atoms with Crippen LogP contribution in [0.25, 0.3) is 0 Å². The summed E-state index contributed by atoms with van der Waals surface area (Å²) in [6.45, 7) is 0. The molecule has 0 aliphatic carbocycles. The van der Waals surface area contributed by atoms with Gasteiger partial charge < -0.3 is 19.7 Å². The number of phenolic OH excluding ortho intramolecular Hbond substituents is 2. The fourth-order valence-corrected chi connectivity index (χ4v) is 3.43. The Bertz CT molecular complexity index is 1050. The van der Waals surface area contributed by atoms with Crippen LogP contribution in [0, 0.1) is 0 Å². The standard InChI is InChI=1S/2C14H14O2/c2*1-16-14-9-5-3-7-12(14)10-11-6-2-4-8-13(11)15/h2*2-9,15H,10H2,1H3. The van der Waals surface area contributed by atoms with Crippen molar-refractivity contribution in [2.45, 2.75) is 12.8 Å². The molecule has 0 saturated carbocycles. The van der Waals surface area contributed by atoms with Crippen molar-refractivity contribution >= 4 is 0 Å². The summed E-state index contributed by atoms with van der Waals surface area (Å²) in [6, 6.07) is 30.4. The number of benzene rings is 4. The number of para-hydroxylation sites is 4. The van der Waals surface area contributed by atoms with Crippen molar-refractivity contribution < 1.29 is 19.7 Å². The van der Waals surface area contributed by atoms with Gasteiger partial charge in [-0.15, -0.1) is 0 Å². The van der Waals surface area contributed by atoms with Crippen LogP contribution in [0.4, 0.5) is 0 Å². The van der Waals surface area contributed by atoms with Gasteiger partial charge in [0.15, 0.2) is 0 Å². The molecule has 2 N–H and O–H groups in total. The van der Waals surface area contributed by atoms with Gasteiger partial charge in [-0.05, 0) is 46.5 Å². The molecule has 0 aromatic heterocycles. The van der Waals surface area contributed by atoms with Gasteiger partial charge in [0.1, 0.15) is 23.0 Å². The van der Waals surface area contributed by atoms with E-state index >= 15 is 0 Å². The van der Waals surface area contributed by atoms with Crippen LogP contribution in [0.3, 0.4) is 0 Å². The third kappa shape index (κ3) is 6.05. The van der Waals surface area contributed by atoms with Crippen molar-refractivity contribution in [1.82, 2.24) is 0 Å². The van der Waals surface area contributed by atoms with Gasteiger partial charge in [0.25, 0.3) is 0 Å². The summed E-state index contributed by atoms with van der Waals surface area (Å²) < 4.78 is 10.6. The first-order chi connectivity index (χ1) is 15.6. The summed E-state index contributed by atoms with van der Waals surface area (Å²) in [6.07, 6.45) is 1.35. The molecule has 0 aliphatic heterocycles. The Hall–Kier alpha value is -3.92. The fourth-order valence-electron chi connectivity index (χ4n) is 3.43. The normalized spacial score (nSPS) is 10.1. The molecular weight excluding hydrogens is 400 g/mol. The van der Waals surface area contributed by atoms with Crippen LogP contribution in [-0.2, 0) is 12.8 Å². The van der Waals surface area contributed by atoms with E-state index in [0.717, 1.165) is 33.8 Å². The Morgan fingerprint density at radius 1 is 0.469 bits per heavy atom. The Labute approximate surface area is 189 Å². The average Bonchev–Trinajstić information content (AvgIpc) is 2.83. The average molecular weight is 429 g/mol. The van der Waals surface area contributed by atoms with Crippen LogP contribution in [0.1, 0.15) is 22.3 Å². The first-order valence-electron chi connectivity index (χ1n) is 10.4. The Kier molecular flexibility index (Phi) is 8.15. The lowest BCUT2D eigenvalue weighted by molar-refractivity contribution is 0.410. The zero-order valence-electron chi connectivity index (χ0n) is 18.4. The fraction of sp³-hybridized carbons (Fsp3) is 0.143. The van der Waals surface area contributed by atoms with E-state index in [1.165, 1.54) is 0 Å². The lowest BCUT2D eigenvalue weighted by Gasteiger charge is -2.09. The predicted octanol–water partition coefficient (Wildman–Crippen LogP) is 5.98. The maximum Gasteiger partial charge on any atom is 0.122 e. The van der Waals surface area contributed by atoms with Crippen molar-refractivity contribution in [2.75, 3.05) is 14.2 Å². The summed E-state index contributed by atoms with van der Waals surface area (Å²) in [5.74, 6) is 2.36. The van der Waals surface area contributed by atoms with Gasteiger partial charge in [-0.1, -0.05) is 72.8 Å². The van der Waals surface area contributed by atoms with Gasteiger partial charge in [-0.25, -0.2) is 0 Å². The van der Waals surface area contributed by atoms with Crippen LogP contribution in [-0.4, -0.2) is 24.4 Å². The van der Waals surface area contributed by atoms with Gasteiger partial charge >= 0.3 is 0 Å². The molecule has 32 heavy (non-hydrogen) atoms. The van der Waals surface area contributed by atoms with Crippen molar-refractivity contribution in [3.63, 3.8) is 0 Å². The van der Waals surface area contributed by atoms with Crippen LogP contribution >= 0.6 is 0 Å². The number of aromatic hydroxyl groups is 2. The molecular formula is C28H28O4. The van der Waals surface area contributed by atoms with E-state index in [0.29, 0.717) is 24.3 Å². The zero-order valence-corrected chi connectivity index (χ0v) is 18.4. The summed E-state index contributed by atoms with van der Waals surface area (Å²) in [5.41, 5.74) is 3.97. The molecule has 0 heterocycles. The maximum atomic E-state index is 9.69. The van der Waals surface area contributed by atoms with Crippen LogP contribution in [0.2, 0.25) is 0 Å². The minimum Gasteiger partial charge on any atom is -0.508 e. The number of rotatable bonds is 6. The lowest BCUT2D eigenvalue weighted by atomic mass is 10.0. The maximum absolute atomic E-state index is 9.69. The molecule has 0 fully saturated rings. The number of phenols is 2. The number of hydrogen-bond acceptors (Lipinski definition) is 4. The van der Waals surface area contributed by atoms with E-state index in [1.807, 2.05) is 84.9 Å². The predicted molar refractivity (Wildman–Crippen MR) is 128 cm³/mol. The second kappa shape index (κ2) is 11.5. The highest BCUT2D eigenvalue weighted by Crippen LogP contribution is 2.26. The Morgan fingerprint density at radius 3 is 1.12 bits per heavy atom. The van der Waals surface area contributed by atoms with Crippen LogP contribution in [0.5, 0.6) is 23.0 Å². The van der Waals surface area contributed by atoms with E-state index in [4.69, 9.17) is 9.47 Å². The van der Waals surface area contributed by atoms with E-state index < -0.39 is 0 Å². The molecule has 0 saturated heterocycles. The summed E-state index contributed by atoms with van der Waals surface area (Å²) >= 11 is 0. The molecule has 0 amide bonds. The highest BCUT2D eigenvalue weighted by molar-refractivity contribution is 5.42. The van der Waals surface area contributed by atoms with Gasteiger partial charge in [0.2, 0.25) is 0 Å². The second-order valence-electron chi connectivity index (χ2n) is 7.23. The SMILES string of the molecule is COc1ccccc1Cc1ccccc1O.COc1ccccc1Cc1ccccc1O. The van der Waals surface area contributed by atoms with Crippen LogP contribution in [0.15, 0.2) is 97.1 Å². The molecule has 0 bridgehead atoms. The number of hydrogen-bond donors (Lipinski definition) is 2. The van der Waals surface area contributed by atoms with E-state index in [-0.39, 0.29) is 0 Å². The molecule has 0 aliphatic rings. The van der Waals surface area contributed by atoms with Crippen molar-refractivity contribution in [3.8, 4) is 23.0 Å². The summed E-state index contributed by atoms with van der Waals surface area (Å²) in [5, 5.41) is 19.4. The topological polar surface area (TPSA) is 58.9 Å². The second-order valence-corrected chi connectivity index (χ2v) is 7.23. The van der Waals surface area contributed by atoms with E-state index in [9.17, 15) is 10.2 Å².